The summed E-state index contributed by atoms with van der Waals surface area (Å²) in [5, 5.41) is 1.64. The first-order valence-electron chi connectivity index (χ1n) is 10.1. The Labute approximate surface area is 173 Å². The molecule has 1 aliphatic rings. The topological polar surface area (TPSA) is 75.7 Å². The second-order valence-electron chi connectivity index (χ2n) is 8.57. The van der Waals surface area contributed by atoms with Crippen LogP contribution >= 0.6 is 0 Å². The van der Waals surface area contributed by atoms with E-state index >= 15 is 0 Å². The molecular formula is C22H30N2O4S. The molecule has 0 unspecified atom stereocenters. The van der Waals surface area contributed by atoms with Crippen molar-refractivity contribution in [1.82, 2.24) is 9.62 Å². The van der Waals surface area contributed by atoms with Crippen LogP contribution in [0.2, 0.25) is 0 Å². The average Bonchev–Trinajstić information content (AvgIpc) is 2.66. The van der Waals surface area contributed by atoms with Gasteiger partial charge in [0.05, 0.1) is 4.90 Å². The summed E-state index contributed by atoms with van der Waals surface area (Å²) in [6, 6.07) is 12.8. The minimum Gasteiger partial charge on any atom is -0.444 e. The summed E-state index contributed by atoms with van der Waals surface area (Å²) in [7, 11) is -3.57. The molecule has 1 aliphatic heterocycles. The maximum atomic E-state index is 12.8. The lowest BCUT2D eigenvalue weighted by Gasteiger charge is -2.33. The number of ether oxygens (including phenoxy) is 1. The second-order valence-corrected chi connectivity index (χ2v) is 10.3. The largest absolute Gasteiger partial charge is 0.444 e. The van der Waals surface area contributed by atoms with Crippen molar-refractivity contribution in [3.8, 4) is 0 Å². The molecular weight excluding hydrogens is 388 g/mol. The molecule has 158 valence electrons. The molecule has 0 aliphatic carbocycles. The molecule has 0 atom stereocenters. The fraction of sp³-hybridized carbons (Fsp3) is 0.500. The van der Waals surface area contributed by atoms with E-state index in [9.17, 15) is 13.2 Å². The van der Waals surface area contributed by atoms with Crippen molar-refractivity contribution in [3.05, 3.63) is 42.5 Å². The number of amides is 1. The minimum absolute atomic E-state index is 0.271. The van der Waals surface area contributed by atoms with E-state index in [0.29, 0.717) is 30.4 Å². The first-order chi connectivity index (χ1) is 13.7. The molecule has 1 N–H and O–H groups in total. The fourth-order valence-electron chi connectivity index (χ4n) is 3.64. The maximum Gasteiger partial charge on any atom is 0.410 e. The third-order valence-corrected chi connectivity index (χ3v) is 6.67. The number of piperidine rings is 1. The predicted molar refractivity (Wildman–Crippen MR) is 114 cm³/mol. The highest BCUT2D eigenvalue weighted by Crippen LogP contribution is 2.24. The molecule has 1 heterocycles. The quantitative estimate of drug-likeness (QED) is 0.791. The van der Waals surface area contributed by atoms with Crippen LogP contribution in [-0.2, 0) is 14.8 Å². The number of hydrogen-bond acceptors (Lipinski definition) is 4. The zero-order valence-corrected chi connectivity index (χ0v) is 18.2. The van der Waals surface area contributed by atoms with Crippen LogP contribution in [-0.4, -0.2) is 44.6 Å². The number of hydrogen-bond donors (Lipinski definition) is 1. The summed E-state index contributed by atoms with van der Waals surface area (Å²) in [5.41, 5.74) is -0.492. The van der Waals surface area contributed by atoms with E-state index in [1.54, 1.807) is 17.0 Å². The van der Waals surface area contributed by atoms with E-state index in [4.69, 9.17) is 4.74 Å². The molecule has 3 rings (SSSR count). The lowest BCUT2D eigenvalue weighted by molar-refractivity contribution is 0.0182. The lowest BCUT2D eigenvalue weighted by Crippen LogP contribution is -2.42. The van der Waals surface area contributed by atoms with Gasteiger partial charge < -0.3 is 9.64 Å². The van der Waals surface area contributed by atoms with Crippen LogP contribution in [0, 0.1) is 5.92 Å². The number of benzene rings is 2. The minimum atomic E-state index is -3.57. The molecule has 0 radical (unpaired) electrons. The van der Waals surface area contributed by atoms with Crippen LogP contribution in [0.25, 0.3) is 10.8 Å². The van der Waals surface area contributed by atoms with E-state index in [-0.39, 0.29) is 6.09 Å². The summed E-state index contributed by atoms with van der Waals surface area (Å²) in [4.78, 5) is 14.2. The van der Waals surface area contributed by atoms with Gasteiger partial charge >= 0.3 is 6.09 Å². The van der Waals surface area contributed by atoms with E-state index in [2.05, 4.69) is 4.72 Å². The summed E-state index contributed by atoms with van der Waals surface area (Å²) in [6.07, 6.45) is 2.20. The lowest BCUT2D eigenvalue weighted by atomic mass is 9.94. The Hall–Kier alpha value is -2.12. The maximum absolute atomic E-state index is 12.8. The summed E-state index contributed by atoms with van der Waals surface area (Å²) >= 11 is 0. The molecule has 0 bridgehead atoms. The number of nitrogens with one attached hydrogen (secondary N) is 1. The van der Waals surface area contributed by atoms with Crippen molar-refractivity contribution in [1.29, 1.82) is 0 Å². The van der Waals surface area contributed by atoms with Crippen molar-refractivity contribution in [2.24, 2.45) is 5.92 Å². The van der Waals surface area contributed by atoms with Gasteiger partial charge in [0.2, 0.25) is 10.0 Å². The smallest absolute Gasteiger partial charge is 0.410 e. The molecule has 2 aromatic rings. The van der Waals surface area contributed by atoms with Crippen molar-refractivity contribution in [2.75, 3.05) is 19.6 Å². The molecule has 6 nitrogen and oxygen atoms in total. The third-order valence-electron chi connectivity index (χ3n) is 5.15. The van der Waals surface area contributed by atoms with E-state index in [1.807, 2.05) is 51.1 Å². The molecule has 29 heavy (non-hydrogen) atoms. The van der Waals surface area contributed by atoms with Gasteiger partial charge in [-0.2, -0.15) is 0 Å². The first kappa shape index (κ1) is 21.6. The van der Waals surface area contributed by atoms with Crippen molar-refractivity contribution < 1.29 is 17.9 Å². The third kappa shape index (κ3) is 5.70. The van der Waals surface area contributed by atoms with Crippen LogP contribution in [0.5, 0.6) is 0 Å². The van der Waals surface area contributed by atoms with Crippen LogP contribution in [0.4, 0.5) is 4.79 Å². The van der Waals surface area contributed by atoms with Gasteiger partial charge in [-0.1, -0.05) is 36.4 Å². The van der Waals surface area contributed by atoms with Crippen LogP contribution in [0.3, 0.4) is 0 Å². The average molecular weight is 419 g/mol. The number of fused-ring (bicyclic) bond motifs is 1. The number of likely N-dealkylation sites (tertiary alicyclic amines) is 1. The highest BCUT2D eigenvalue weighted by molar-refractivity contribution is 7.89. The van der Waals surface area contributed by atoms with Gasteiger partial charge in [0, 0.05) is 25.0 Å². The molecule has 1 saturated heterocycles. The van der Waals surface area contributed by atoms with E-state index < -0.39 is 15.6 Å². The Kier molecular flexibility index (Phi) is 6.49. The Morgan fingerprint density at radius 1 is 1.10 bits per heavy atom. The Morgan fingerprint density at radius 2 is 1.76 bits per heavy atom. The van der Waals surface area contributed by atoms with Crippen molar-refractivity contribution in [3.63, 3.8) is 0 Å². The summed E-state index contributed by atoms with van der Waals surface area (Å²) in [5.74, 6) is 0.393. The van der Waals surface area contributed by atoms with Crippen LogP contribution < -0.4 is 4.72 Å². The van der Waals surface area contributed by atoms with Crippen molar-refractivity contribution >= 4 is 26.9 Å². The highest BCUT2D eigenvalue weighted by Gasteiger charge is 2.27. The number of carbonyl (C=O) groups excluding carboxylic acids is 1. The Bertz CT molecular complexity index is 953. The SMILES string of the molecule is CC(C)(C)OC(=O)N1CCC(CCNS(=O)(=O)c2cccc3ccccc23)CC1. The Morgan fingerprint density at radius 3 is 2.45 bits per heavy atom. The van der Waals surface area contributed by atoms with Crippen LogP contribution in [0.1, 0.15) is 40.0 Å². The van der Waals surface area contributed by atoms with Gasteiger partial charge in [0.25, 0.3) is 0 Å². The fourth-order valence-corrected chi connectivity index (χ4v) is 4.91. The van der Waals surface area contributed by atoms with Gasteiger partial charge in [0.1, 0.15) is 5.60 Å². The van der Waals surface area contributed by atoms with Crippen molar-refractivity contribution in [2.45, 2.75) is 50.5 Å². The zero-order valence-electron chi connectivity index (χ0n) is 17.3. The normalized spacial score (nSPS) is 16.2. The molecule has 0 saturated carbocycles. The van der Waals surface area contributed by atoms with Gasteiger partial charge in [-0.05, 0) is 57.4 Å². The van der Waals surface area contributed by atoms with Gasteiger partial charge in [-0.3, -0.25) is 0 Å². The molecule has 1 amide bonds. The monoisotopic (exact) mass is 418 g/mol. The molecule has 2 aromatic carbocycles. The molecule has 1 fully saturated rings. The predicted octanol–water partition coefficient (Wildman–Crippen LogP) is 4.16. The van der Waals surface area contributed by atoms with Gasteiger partial charge in [-0.25, -0.2) is 17.9 Å². The van der Waals surface area contributed by atoms with Gasteiger partial charge in [0.15, 0.2) is 0 Å². The van der Waals surface area contributed by atoms with Gasteiger partial charge in [-0.15, -0.1) is 0 Å². The molecule has 0 spiro atoms. The highest BCUT2D eigenvalue weighted by atomic mass is 32.2. The van der Waals surface area contributed by atoms with Crippen LogP contribution in [0.15, 0.2) is 47.4 Å². The molecule has 7 heteroatoms. The standard InChI is InChI=1S/C22H30N2O4S/c1-22(2,3)28-21(25)24-15-12-17(13-16-24)11-14-23-29(26,27)20-10-6-8-18-7-4-5-9-19(18)20/h4-10,17,23H,11-16H2,1-3H3. The number of rotatable bonds is 5. The number of carbonyl (C=O) groups is 1. The van der Waals surface area contributed by atoms with E-state index in [1.165, 1.54) is 0 Å². The zero-order chi connectivity index (χ0) is 21.1. The summed E-state index contributed by atoms with van der Waals surface area (Å²) in [6.45, 7) is 7.27. The number of sulfonamides is 1. The second kappa shape index (κ2) is 8.71. The summed E-state index contributed by atoms with van der Waals surface area (Å²) < 4.78 is 33.7. The number of nitrogens with zero attached hydrogens (tertiary/aromatic N) is 1. The Balaban J connectivity index is 1.51. The van der Waals surface area contributed by atoms with E-state index in [0.717, 1.165) is 30.0 Å². The first-order valence-corrected chi connectivity index (χ1v) is 11.6. The molecule has 0 aromatic heterocycles.